The van der Waals surface area contributed by atoms with Gasteiger partial charge in [0.2, 0.25) is 0 Å². The largest absolute Gasteiger partial charge is 0.329 e. The smallest absolute Gasteiger partial charge is 0.0538 e. The average Bonchev–Trinajstić information content (AvgIpc) is 2.68. The van der Waals surface area contributed by atoms with E-state index in [1.54, 1.807) is 0 Å². The minimum atomic E-state index is 0.269. The molecule has 2 N–H and O–H groups in total. The van der Waals surface area contributed by atoms with Gasteiger partial charge in [-0.2, -0.15) is 5.10 Å². The predicted molar refractivity (Wildman–Crippen MR) is 67.2 cm³/mol. The van der Waals surface area contributed by atoms with Crippen molar-refractivity contribution in [3.05, 3.63) is 18.0 Å². The van der Waals surface area contributed by atoms with Gasteiger partial charge < -0.3 is 5.73 Å². The second kappa shape index (κ2) is 6.01. The van der Waals surface area contributed by atoms with Crippen LogP contribution in [0.25, 0.3) is 0 Å². The van der Waals surface area contributed by atoms with Gasteiger partial charge in [-0.25, -0.2) is 0 Å². The number of rotatable bonds is 6. The third-order valence-electron chi connectivity index (χ3n) is 3.02. The van der Waals surface area contributed by atoms with Crippen molar-refractivity contribution >= 4 is 0 Å². The molecule has 0 aliphatic rings. The van der Waals surface area contributed by atoms with E-state index in [4.69, 9.17) is 5.73 Å². The molecule has 1 aromatic heterocycles. The van der Waals surface area contributed by atoms with Crippen molar-refractivity contribution in [2.45, 2.75) is 45.8 Å². The van der Waals surface area contributed by atoms with Gasteiger partial charge in [0.15, 0.2) is 0 Å². The maximum Gasteiger partial charge on any atom is 0.0538 e. The van der Waals surface area contributed by atoms with E-state index in [0.717, 1.165) is 13.0 Å². The fourth-order valence-corrected chi connectivity index (χ4v) is 1.80. The van der Waals surface area contributed by atoms with Crippen molar-refractivity contribution < 1.29 is 0 Å². The summed E-state index contributed by atoms with van der Waals surface area (Å²) in [6.07, 6.45) is 5.15. The lowest BCUT2D eigenvalue weighted by Crippen LogP contribution is -2.35. The topological polar surface area (TPSA) is 47.1 Å². The number of aromatic nitrogens is 2. The fourth-order valence-electron chi connectivity index (χ4n) is 1.80. The SMILES string of the molecule is CCCn1cc(C(CN)N(C)C(C)C)cn1. The quantitative estimate of drug-likeness (QED) is 0.799. The van der Waals surface area contributed by atoms with Gasteiger partial charge in [-0.15, -0.1) is 0 Å². The first-order chi connectivity index (χ1) is 7.60. The van der Waals surface area contributed by atoms with Gasteiger partial charge in [-0.3, -0.25) is 9.58 Å². The molecule has 4 nitrogen and oxygen atoms in total. The summed E-state index contributed by atoms with van der Waals surface area (Å²) in [6, 6.07) is 0.758. The molecule has 0 amide bonds. The minimum absolute atomic E-state index is 0.269. The molecule has 0 radical (unpaired) electrons. The zero-order valence-electron chi connectivity index (χ0n) is 10.8. The first-order valence-electron chi connectivity index (χ1n) is 6.04. The zero-order chi connectivity index (χ0) is 12.1. The van der Waals surface area contributed by atoms with E-state index in [2.05, 4.69) is 44.0 Å². The van der Waals surface area contributed by atoms with Crippen LogP contribution < -0.4 is 5.73 Å². The average molecular weight is 224 g/mol. The van der Waals surface area contributed by atoms with Crippen molar-refractivity contribution in [1.29, 1.82) is 0 Å². The van der Waals surface area contributed by atoms with Crippen LogP contribution in [0.3, 0.4) is 0 Å². The molecule has 0 aromatic carbocycles. The summed E-state index contributed by atoms with van der Waals surface area (Å²) in [4.78, 5) is 2.29. The van der Waals surface area contributed by atoms with Crippen molar-refractivity contribution in [2.75, 3.05) is 13.6 Å². The number of nitrogens with zero attached hydrogens (tertiary/aromatic N) is 3. The van der Waals surface area contributed by atoms with Crippen molar-refractivity contribution in [1.82, 2.24) is 14.7 Å². The van der Waals surface area contributed by atoms with Gasteiger partial charge in [0.05, 0.1) is 12.2 Å². The molecule has 0 saturated heterocycles. The molecule has 1 rings (SSSR count). The maximum absolute atomic E-state index is 5.85. The first kappa shape index (κ1) is 13.2. The molecule has 0 aliphatic carbocycles. The number of hydrogen-bond donors (Lipinski definition) is 1. The molecule has 0 spiro atoms. The maximum atomic E-state index is 5.85. The lowest BCUT2D eigenvalue weighted by molar-refractivity contribution is 0.201. The highest BCUT2D eigenvalue weighted by atomic mass is 15.3. The predicted octanol–water partition coefficient (Wildman–Crippen LogP) is 1.63. The summed E-state index contributed by atoms with van der Waals surface area (Å²) >= 11 is 0. The molecule has 0 aliphatic heterocycles. The van der Waals surface area contributed by atoms with E-state index in [9.17, 15) is 0 Å². The summed E-state index contributed by atoms with van der Waals surface area (Å²) < 4.78 is 1.99. The van der Waals surface area contributed by atoms with Crippen LogP contribution in [-0.4, -0.2) is 34.3 Å². The lowest BCUT2D eigenvalue weighted by Gasteiger charge is -2.29. The number of hydrogen-bond acceptors (Lipinski definition) is 3. The van der Waals surface area contributed by atoms with E-state index < -0.39 is 0 Å². The Morgan fingerprint density at radius 3 is 2.69 bits per heavy atom. The first-order valence-corrected chi connectivity index (χ1v) is 6.04. The third kappa shape index (κ3) is 3.06. The van der Waals surface area contributed by atoms with E-state index in [0.29, 0.717) is 12.6 Å². The van der Waals surface area contributed by atoms with Crippen LogP contribution in [-0.2, 0) is 6.54 Å². The van der Waals surface area contributed by atoms with Gasteiger partial charge in [-0.1, -0.05) is 6.92 Å². The third-order valence-corrected chi connectivity index (χ3v) is 3.02. The Hall–Kier alpha value is -0.870. The van der Waals surface area contributed by atoms with Gasteiger partial charge in [-0.05, 0) is 27.3 Å². The molecule has 0 bridgehead atoms. The number of likely N-dealkylation sites (N-methyl/N-ethyl adjacent to an activating group) is 1. The summed E-state index contributed by atoms with van der Waals surface area (Å²) in [6.45, 7) is 8.12. The van der Waals surface area contributed by atoms with E-state index in [-0.39, 0.29) is 6.04 Å². The van der Waals surface area contributed by atoms with Crippen molar-refractivity contribution in [2.24, 2.45) is 5.73 Å². The highest BCUT2D eigenvalue weighted by Gasteiger charge is 2.19. The highest BCUT2D eigenvalue weighted by Crippen LogP contribution is 2.19. The molecule has 0 fully saturated rings. The second-order valence-electron chi connectivity index (χ2n) is 4.55. The fraction of sp³-hybridized carbons (Fsp3) is 0.750. The summed E-state index contributed by atoms with van der Waals surface area (Å²) in [5.74, 6) is 0. The Morgan fingerprint density at radius 2 is 2.19 bits per heavy atom. The molecule has 16 heavy (non-hydrogen) atoms. The molecule has 1 heterocycles. The van der Waals surface area contributed by atoms with Crippen LogP contribution >= 0.6 is 0 Å². The monoisotopic (exact) mass is 224 g/mol. The Labute approximate surface area is 98.4 Å². The van der Waals surface area contributed by atoms with Crippen LogP contribution in [0.4, 0.5) is 0 Å². The summed E-state index contributed by atoms with van der Waals surface area (Å²) in [5, 5.41) is 4.35. The van der Waals surface area contributed by atoms with Crippen LogP contribution in [0, 0.1) is 0 Å². The van der Waals surface area contributed by atoms with Crippen LogP contribution in [0.15, 0.2) is 12.4 Å². The van der Waals surface area contributed by atoms with Crippen molar-refractivity contribution in [3.63, 3.8) is 0 Å². The standard InChI is InChI=1S/C12H24N4/c1-5-6-16-9-11(8-14-16)12(7-13)15(4)10(2)3/h8-10,12H,5-7,13H2,1-4H3. The van der Waals surface area contributed by atoms with E-state index >= 15 is 0 Å². The van der Waals surface area contributed by atoms with Crippen molar-refractivity contribution in [3.8, 4) is 0 Å². The van der Waals surface area contributed by atoms with Gasteiger partial charge in [0, 0.05) is 30.9 Å². The van der Waals surface area contributed by atoms with Crippen LogP contribution in [0.5, 0.6) is 0 Å². The summed E-state index contributed by atoms with van der Waals surface area (Å²) in [5.41, 5.74) is 7.06. The molecule has 1 aromatic rings. The Kier molecular flexibility index (Phi) is 4.96. The second-order valence-corrected chi connectivity index (χ2v) is 4.55. The summed E-state index contributed by atoms with van der Waals surface area (Å²) in [7, 11) is 2.11. The van der Waals surface area contributed by atoms with Crippen LogP contribution in [0.1, 0.15) is 38.8 Å². The Balaban J connectivity index is 2.78. The lowest BCUT2D eigenvalue weighted by atomic mass is 10.1. The zero-order valence-corrected chi connectivity index (χ0v) is 10.8. The Bertz CT molecular complexity index is 306. The van der Waals surface area contributed by atoms with Gasteiger partial charge in [0.25, 0.3) is 0 Å². The van der Waals surface area contributed by atoms with Gasteiger partial charge >= 0.3 is 0 Å². The molecule has 0 saturated carbocycles. The molecule has 1 atom stereocenters. The molecule has 4 heteroatoms. The molecular formula is C12H24N4. The van der Waals surface area contributed by atoms with Crippen LogP contribution in [0.2, 0.25) is 0 Å². The molecule has 92 valence electrons. The highest BCUT2D eigenvalue weighted by molar-refractivity contribution is 5.11. The molecule has 1 unspecified atom stereocenters. The van der Waals surface area contributed by atoms with Gasteiger partial charge in [0.1, 0.15) is 0 Å². The minimum Gasteiger partial charge on any atom is -0.329 e. The van der Waals surface area contributed by atoms with E-state index in [1.807, 2.05) is 10.9 Å². The normalized spacial score (nSPS) is 13.7. The number of nitrogens with two attached hydrogens (primary N) is 1. The Morgan fingerprint density at radius 1 is 1.50 bits per heavy atom. The number of aryl methyl sites for hydroxylation is 1. The molecular weight excluding hydrogens is 200 g/mol. The van der Waals surface area contributed by atoms with E-state index in [1.165, 1.54) is 5.56 Å².